The Kier molecular flexibility index (Phi) is 5.75. The average Bonchev–Trinajstić information content (AvgIpc) is 3.13. The van der Waals surface area contributed by atoms with Crippen LogP contribution in [0.25, 0.3) is 22.2 Å². The van der Waals surface area contributed by atoms with Crippen LogP contribution in [0.5, 0.6) is 0 Å². The molecule has 0 radical (unpaired) electrons. The number of hydrogen-bond acceptors (Lipinski definition) is 6. The number of fused-ring (bicyclic) bond motifs is 1. The minimum Gasteiger partial charge on any atom is -0.465 e. The number of nitriles is 1. The molecule has 3 heterocycles. The van der Waals surface area contributed by atoms with Crippen LogP contribution in [0.1, 0.15) is 24.0 Å². The van der Waals surface area contributed by atoms with Crippen molar-refractivity contribution >= 4 is 35.4 Å². The lowest BCUT2D eigenvalue weighted by molar-refractivity contribution is -0.137. The van der Waals surface area contributed by atoms with Gasteiger partial charge in [-0.1, -0.05) is 6.07 Å². The third kappa shape index (κ3) is 4.42. The van der Waals surface area contributed by atoms with Crippen molar-refractivity contribution in [1.82, 2.24) is 19.9 Å². The number of aromatic amines is 1. The molecule has 1 saturated heterocycles. The highest BCUT2D eigenvalue weighted by atomic mass is 31.2. The molecule has 2 unspecified atom stereocenters. The summed E-state index contributed by atoms with van der Waals surface area (Å²) in [6.07, 6.45) is -1.96. The number of hydrogen-bond donors (Lipinski definition) is 3. The third-order valence-corrected chi connectivity index (χ3v) is 8.90. The first kappa shape index (κ1) is 25.1. The number of halogens is 3. The van der Waals surface area contributed by atoms with Crippen molar-refractivity contribution in [2.45, 2.75) is 19.0 Å². The highest BCUT2D eigenvalue weighted by Gasteiger charge is 2.57. The number of benzene rings is 1. The minimum atomic E-state index is -4.72. The predicted octanol–water partition coefficient (Wildman–Crippen LogP) is 4.57. The number of rotatable bonds is 5. The van der Waals surface area contributed by atoms with E-state index in [0.29, 0.717) is 30.5 Å². The fourth-order valence-corrected chi connectivity index (χ4v) is 6.83. The Labute approximate surface area is 210 Å². The van der Waals surface area contributed by atoms with E-state index >= 15 is 0 Å². The maximum Gasteiger partial charge on any atom is 0.419 e. The summed E-state index contributed by atoms with van der Waals surface area (Å²) < 4.78 is 54.7. The first-order valence-corrected chi connectivity index (χ1v) is 14.2. The lowest BCUT2D eigenvalue weighted by Crippen LogP contribution is -2.27. The van der Waals surface area contributed by atoms with Crippen LogP contribution in [-0.4, -0.2) is 64.0 Å². The topological polar surface area (TPSA) is 135 Å². The number of likely N-dealkylation sites (tertiary alicyclic amines) is 1. The number of anilines is 1. The van der Waals surface area contributed by atoms with Gasteiger partial charge in [0.25, 0.3) is 0 Å². The molecule has 194 valence electrons. The Morgan fingerprint density at radius 3 is 2.78 bits per heavy atom. The van der Waals surface area contributed by atoms with Gasteiger partial charge in [0.2, 0.25) is 5.95 Å². The summed E-state index contributed by atoms with van der Waals surface area (Å²) in [5.74, 6) is 0.201. The molecule has 3 N–H and O–H groups in total. The molecule has 37 heavy (non-hydrogen) atoms. The van der Waals surface area contributed by atoms with Crippen molar-refractivity contribution < 1.29 is 27.6 Å². The van der Waals surface area contributed by atoms with E-state index in [2.05, 4.69) is 20.3 Å². The molecule has 0 bridgehead atoms. The predicted molar refractivity (Wildman–Crippen MR) is 131 cm³/mol. The molecule has 2 atom stereocenters. The second-order valence-corrected chi connectivity index (χ2v) is 13.3. The van der Waals surface area contributed by atoms with E-state index in [1.54, 1.807) is 0 Å². The normalized spacial score (nSPS) is 21.4. The van der Waals surface area contributed by atoms with Gasteiger partial charge in [-0.3, -0.25) is 0 Å². The van der Waals surface area contributed by atoms with Crippen molar-refractivity contribution in [3.63, 3.8) is 0 Å². The van der Waals surface area contributed by atoms with E-state index in [1.165, 1.54) is 36.6 Å². The number of amides is 1. The average molecular weight is 532 g/mol. The lowest BCUT2D eigenvalue weighted by atomic mass is 10.0. The van der Waals surface area contributed by atoms with E-state index in [9.17, 15) is 32.9 Å². The summed E-state index contributed by atoms with van der Waals surface area (Å²) in [5, 5.41) is 22.4. The smallest absolute Gasteiger partial charge is 0.419 e. The molecule has 2 aromatic heterocycles. The SMILES string of the molecule is CP(C)(=O)c1c(C#N)ccc2c(-c3nc(NCC4CC45CCN(C(=O)O)C5)ncc3C(F)(F)F)c[nH]c12. The van der Waals surface area contributed by atoms with E-state index in [0.717, 1.165) is 19.0 Å². The van der Waals surface area contributed by atoms with Gasteiger partial charge in [0.15, 0.2) is 0 Å². The van der Waals surface area contributed by atoms with Gasteiger partial charge in [-0.25, -0.2) is 14.8 Å². The van der Waals surface area contributed by atoms with Crippen LogP contribution in [-0.2, 0) is 10.7 Å². The van der Waals surface area contributed by atoms with Gasteiger partial charge < -0.3 is 24.9 Å². The molecule has 9 nitrogen and oxygen atoms in total. The van der Waals surface area contributed by atoms with Crippen molar-refractivity contribution in [3.8, 4) is 17.3 Å². The zero-order valence-electron chi connectivity index (χ0n) is 20.1. The number of alkyl halides is 3. The molecular formula is C24H24F3N6O3P. The molecule has 5 rings (SSSR count). The fraction of sp³-hybridized carbons (Fsp3) is 0.417. The van der Waals surface area contributed by atoms with Crippen LogP contribution in [0.3, 0.4) is 0 Å². The summed E-state index contributed by atoms with van der Waals surface area (Å²) >= 11 is 0. The van der Waals surface area contributed by atoms with E-state index in [4.69, 9.17) is 0 Å². The minimum absolute atomic E-state index is 0.0259. The van der Waals surface area contributed by atoms with Crippen LogP contribution in [0.2, 0.25) is 0 Å². The molecular weight excluding hydrogens is 508 g/mol. The zero-order valence-corrected chi connectivity index (χ0v) is 21.0. The number of carboxylic acid groups (broad SMARTS) is 1. The number of carbonyl (C=O) groups is 1. The van der Waals surface area contributed by atoms with Crippen molar-refractivity contribution in [1.29, 1.82) is 5.26 Å². The largest absolute Gasteiger partial charge is 0.465 e. The van der Waals surface area contributed by atoms with Crippen molar-refractivity contribution in [2.75, 3.05) is 38.3 Å². The number of nitrogens with zero attached hydrogens (tertiary/aromatic N) is 4. The summed E-state index contributed by atoms with van der Waals surface area (Å²) in [6.45, 7) is 4.35. The molecule has 2 fully saturated rings. The number of nitrogens with one attached hydrogen (secondary N) is 2. The van der Waals surface area contributed by atoms with Crippen LogP contribution >= 0.6 is 7.14 Å². The zero-order chi connectivity index (χ0) is 26.8. The van der Waals surface area contributed by atoms with Gasteiger partial charge in [0.1, 0.15) is 12.7 Å². The van der Waals surface area contributed by atoms with Crippen molar-refractivity contribution in [2.24, 2.45) is 11.3 Å². The fourth-order valence-electron chi connectivity index (χ4n) is 5.40. The summed E-state index contributed by atoms with van der Waals surface area (Å²) in [6, 6.07) is 4.99. The molecule has 1 aliphatic heterocycles. The molecule has 1 aromatic carbocycles. The van der Waals surface area contributed by atoms with Gasteiger partial charge in [0.05, 0.1) is 28.1 Å². The molecule has 1 aliphatic carbocycles. The highest BCUT2D eigenvalue weighted by molar-refractivity contribution is 7.70. The summed E-state index contributed by atoms with van der Waals surface area (Å²) in [7, 11) is -2.95. The van der Waals surface area contributed by atoms with Gasteiger partial charge in [-0.05, 0) is 43.6 Å². The first-order chi connectivity index (χ1) is 17.3. The van der Waals surface area contributed by atoms with Crippen LogP contribution in [0, 0.1) is 22.7 Å². The quantitative estimate of drug-likeness (QED) is 0.410. The Bertz CT molecular complexity index is 1510. The van der Waals surface area contributed by atoms with Gasteiger partial charge in [-0.15, -0.1) is 0 Å². The summed E-state index contributed by atoms with van der Waals surface area (Å²) in [5.41, 5.74) is -0.758. The van der Waals surface area contributed by atoms with Crippen LogP contribution in [0.15, 0.2) is 24.5 Å². The van der Waals surface area contributed by atoms with E-state index < -0.39 is 25.0 Å². The summed E-state index contributed by atoms with van der Waals surface area (Å²) in [4.78, 5) is 23.7. The second-order valence-electron chi connectivity index (χ2n) is 10.1. The lowest BCUT2D eigenvalue weighted by Gasteiger charge is -2.15. The Morgan fingerprint density at radius 1 is 1.41 bits per heavy atom. The Morgan fingerprint density at radius 2 is 2.16 bits per heavy atom. The van der Waals surface area contributed by atoms with E-state index in [-0.39, 0.29) is 39.4 Å². The molecule has 2 aliphatic rings. The molecule has 1 spiro atoms. The monoisotopic (exact) mass is 532 g/mol. The molecule has 13 heteroatoms. The number of aromatic nitrogens is 3. The van der Waals surface area contributed by atoms with Crippen LogP contribution in [0.4, 0.5) is 23.9 Å². The molecule has 1 amide bonds. The highest BCUT2D eigenvalue weighted by Crippen LogP contribution is 2.58. The second kappa shape index (κ2) is 8.48. The third-order valence-electron chi connectivity index (χ3n) is 7.36. The molecule has 3 aromatic rings. The van der Waals surface area contributed by atoms with E-state index in [1.807, 2.05) is 6.07 Å². The van der Waals surface area contributed by atoms with Gasteiger partial charge in [-0.2, -0.15) is 18.4 Å². The first-order valence-electron chi connectivity index (χ1n) is 11.6. The maximum atomic E-state index is 13.9. The van der Waals surface area contributed by atoms with Crippen LogP contribution < -0.4 is 10.6 Å². The molecule has 1 saturated carbocycles. The maximum absolute atomic E-state index is 13.9. The van der Waals surface area contributed by atoms with Gasteiger partial charge >= 0.3 is 12.3 Å². The standard InChI is InChI=1S/C24H24F3N6O3P/c1-37(2,36)20-13(8-28)3-4-15-16(10-29-19(15)20)18-17(24(25,26)27)11-31-21(32-18)30-9-14-7-23(14)5-6-33(12-23)22(34)35/h3-4,10-11,14,29H,5-7,9,12H2,1-2H3,(H,34,35)(H,30,31,32). The Hall–Kier alpha value is -3.58. The van der Waals surface area contributed by atoms with Gasteiger partial charge in [0, 0.05) is 43.0 Å². The number of H-pyrrole nitrogens is 1. The van der Waals surface area contributed by atoms with Crippen molar-refractivity contribution in [3.05, 3.63) is 35.7 Å². The Balaban J connectivity index is 1.49.